The molecule has 0 saturated carbocycles. The van der Waals surface area contributed by atoms with Crippen molar-refractivity contribution in [3.8, 4) is 17.2 Å². The average molecular weight is 495 g/mol. The van der Waals surface area contributed by atoms with Crippen LogP contribution in [0.25, 0.3) is 5.76 Å². The lowest BCUT2D eigenvalue weighted by Crippen LogP contribution is -2.35. The Balaban J connectivity index is 1.74. The third-order valence-corrected chi connectivity index (χ3v) is 6.33. The standard InChI is InChI=1S/C28H34N2O6/c1-4-5-6-14-34-21-9-7-8-19(17-21)25-24(27(32)28(33)30(25)13-12-29(2)3)26(31)20-10-11-22-23(18-20)36-16-15-35-22/h7-11,17-18,25,31H,4-6,12-16H2,1-3H3/b26-24+/t25-/m0/s1. The number of hydrogen-bond donors (Lipinski definition) is 1. The molecule has 2 aromatic carbocycles. The van der Waals surface area contributed by atoms with E-state index in [1.807, 2.05) is 43.3 Å². The fourth-order valence-corrected chi connectivity index (χ4v) is 4.43. The van der Waals surface area contributed by atoms with Gasteiger partial charge < -0.3 is 29.1 Å². The second-order valence-corrected chi connectivity index (χ2v) is 9.28. The van der Waals surface area contributed by atoms with E-state index >= 15 is 0 Å². The second kappa shape index (κ2) is 11.5. The maximum atomic E-state index is 13.3. The molecule has 2 aromatic rings. The lowest BCUT2D eigenvalue weighted by Gasteiger charge is -2.27. The average Bonchev–Trinajstić information content (AvgIpc) is 3.14. The molecule has 1 fully saturated rings. The second-order valence-electron chi connectivity index (χ2n) is 9.28. The summed E-state index contributed by atoms with van der Waals surface area (Å²) < 4.78 is 17.2. The fourth-order valence-electron chi connectivity index (χ4n) is 4.43. The zero-order valence-electron chi connectivity index (χ0n) is 21.2. The third-order valence-electron chi connectivity index (χ3n) is 6.33. The number of unbranched alkanes of at least 4 members (excludes halogenated alkanes) is 2. The first-order valence-electron chi connectivity index (χ1n) is 12.5. The minimum Gasteiger partial charge on any atom is -0.507 e. The molecule has 2 aliphatic heterocycles. The van der Waals surface area contributed by atoms with Crippen LogP contribution in [0.5, 0.6) is 17.2 Å². The van der Waals surface area contributed by atoms with E-state index in [0.29, 0.717) is 61.3 Å². The Morgan fingerprint density at radius 1 is 1.08 bits per heavy atom. The molecule has 0 aliphatic carbocycles. The molecule has 36 heavy (non-hydrogen) atoms. The Kier molecular flexibility index (Phi) is 8.15. The number of hydrogen-bond acceptors (Lipinski definition) is 7. The van der Waals surface area contributed by atoms with Gasteiger partial charge in [0.1, 0.15) is 24.7 Å². The van der Waals surface area contributed by atoms with Crippen molar-refractivity contribution in [2.75, 3.05) is 47.0 Å². The van der Waals surface area contributed by atoms with E-state index in [-0.39, 0.29) is 11.3 Å². The van der Waals surface area contributed by atoms with Crippen molar-refractivity contribution in [3.63, 3.8) is 0 Å². The molecule has 0 radical (unpaired) electrons. The van der Waals surface area contributed by atoms with E-state index in [2.05, 4.69) is 6.92 Å². The van der Waals surface area contributed by atoms with Gasteiger partial charge in [0.15, 0.2) is 11.5 Å². The van der Waals surface area contributed by atoms with Crippen LogP contribution < -0.4 is 14.2 Å². The minimum atomic E-state index is -0.739. The van der Waals surface area contributed by atoms with Gasteiger partial charge in [0.25, 0.3) is 11.7 Å². The van der Waals surface area contributed by atoms with Crippen LogP contribution in [0.2, 0.25) is 0 Å². The van der Waals surface area contributed by atoms with Gasteiger partial charge in [-0.3, -0.25) is 9.59 Å². The molecule has 0 bridgehead atoms. The Bertz CT molecular complexity index is 1140. The molecular weight excluding hydrogens is 460 g/mol. The van der Waals surface area contributed by atoms with Crippen LogP contribution in [-0.4, -0.2) is 73.6 Å². The van der Waals surface area contributed by atoms with Crippen LogP contribution in [-0.2, 0) is 9.59 Å². The van der Waals surface area contributed by atoms with E-state index in [0.717, 1.165) is 19.3 Å². The maximum absolute atomic E-state index is 13.3. The van der Waals surface area contributed by atoms with Crippen molar-refractivity contribution in [1.82, 2.24) is 9.80 Å². The van der Waals surface area contributed by atoms with E-state index in [1.54, 1.807) is 18.2 Å². The Labute approximate surface area is 212 Å². The van der Waals surface area contributed by atoms with Crippen molar-refractivity contribution >= 4 is 17.4 Å². The highest BCUT2D eigenvalue weighted by Crippen LogP contribution is 2.41. The number of Topliss-reactive ketones (excluding diaryl/α,β-unsaturated/α-hetero) is 1. The third kappa shape index (κ3) is 5.49. The van der Waals surface area contributed by atoms with Crippen molar-refractivity contribution in [2.45, 2.75) is 32.2 Å². The van der Waals surface area contributed by atoms with Gasteiger partial charge in [-0.15, -0.1) is 0 Å². The summed E-state index contributed by atoms with van der Waals surface area (Å²) in [6.45, 7) is 4.49. The number of nitrogens with zero attached hydrogens (tertiary/aromatic N) is 2. The molecule has 0 unspecified atom stereocenters. The highest BCUT2D eigenvalue weighted by Gasteiger charge is 2.46. The topological polar surface area (TPSA) is 88.5 Å². The normalized spacial score (nSPS) is 18.7. The number of amides is 1. The smallest absolute Gasteiger partial charge is 0.295 e. The lowest BCUT2D eigenvalue weighted by molar-refractivity contribution is -0.140. The zero-order chi connectivity index (χ0) is 25.7. The summed E-state index contributed by atoms with van der Waals surface area (Å²) in [6, 6.07) is 11.7. The summed E-state index contributed by atoms with van der Waals surface area (Å²) in [7, 11) is 3.82. The number of carbonyl (C=O) groups is 2. The van der Waals surface area contributed by atoms with Crippen LogP contribution >= 0.6 is 0 Å². The van der Waals surface area contributed by atoms with Gasteiger partial charge in [-0.1, -0.05) is 31.9 Å². The fraction of sp³-hybridized carbons (Fsp3) is 0.429. The predicted octanol–water partition coefficient (Wildman–Crippen LogP) is 4.01. The molecule has 8 heteroatoms. The van der Waals surface area contributed by atoms with Crippen molar-refractivity contribution in [1.29, 1.82) is 0 Å². The number of ketones is 1. The Morgan fingerprint density at radius 3 is 2.61 bits per heavy atom. The molecule has 8 nitrogen and oxygen atoms in total. The Morgan fingerprint density at radius 2 is 1.86 bits per heavy atom. The first kappa shape index (κ1) is 25.6. The van der Waals surface area contributed by atoms with Crippen LogP contribution in [0, 0.1) is 0 Å². The molecule has 2 aliphatic rings. The summed E-state index contributed by atoms with van der Waals surface area (Å²) in [6.07, 6.45) is 3.13. The number of likely N-dealkylation sites (N-methyl/N-ethyl adjacent to an activating group) is 1. The van der Waals surface area contributed by atoms with Crippen molar-refractivity contribution < 1.29 is 28.9 Å². The minimum absolute atomic E-state index is 0.0542. The number of fused-ring (bicyclic) bond motifs is 1. The van der Waals surface area contributed by atoms with Gasteiger partial charge in [0, 0.05) is 18.7 Å². The van der Waals surface area contributed by atoms with Gasteiger partial charge in [-0.05, 0) is 56.4 Å². The quantitative estimate of drug-likeness (QED) is 0.231. The van der Waals surface area contributed by atoms with Crippen molar-refractivity contribution in [2.24, 2.45) is 0 Å². The first-order valence-corrected chi connectivity index (χ1v) is 12.5. The van der Waals surface area contributed by atoms with Crippen LogP contribution in [0.3, 0.4) is 0 Å². The van der Waals surface area contributed by atoms with Gasteiger partial charge >= 0.3 is 0 Å². The molecule has 4 rings (SSSR count). The van der Waals surface area contributed by atoms with Gasteiger partial charge in [-0.25, -0.2) is 0 Å². The highest BCUT2D eigenvalue weighted by molar-refractivity contribution is 6.46. The number of ether oxygens (including phenoxy) is 3. The van der Waals surface area contributed by atoms with Gasteiger partial charge in [-0.2, -0.15) is 0 Å². The Hall–Kier alpha value is -3.52. The van der Waals surface area contributed by atoms with Crippen LogP contribution in [0.1, 0.15) is 43.4 Å². The van der Waals surface area contributed by atoms with E-state index < -0.39 is 17.7 Å². The maximum Gasteiger partial charge on any atom is 0.295 e. The molecule has 0 spiro atoms. The zero-order valence-corrected chi connectivity index (χ0v) is 21.2. The molecule has 2 heterocycles. The number of benzene rings is 2. The van der Waals surface area contributed by atoms with Gasteiger partial charge in [0.2, 0.25) is 0 Å². The highest BCUT2D eigenvalue weighted by atomic mass is 16.6. The molecular formula is C28H34N2O6. The monoisotopic (exact) mass is 494 g/mol. The SMILES string of the molecule is CCCCCOc1cccc([C@H]2/C(=C(\O)c3ccc4c(c3)OCCO4)C(=O)C(=O)N2CCN(C)C)c1. The predicted molar refractivity (Wildman–Crippen MR) is 136 cm³/mol. The summed E-state index contributed by atoms with van der Waals surface area (Å²) in [5, 5.41) is 11.3. The largest absolute Gasteiger partial charge is 0.507 e. The number of aliphatic hydroxyl groups excluding tert-OH is 1. The van der Waals surface area contributed by atoms with Crippen molar-refractivity contribution in [3.05, 3.63) is 59.2 Å². The van der Waals surface area contributed by atoms with Crippen LogP contribution in [0.4, 0.5) is 0 Å². The summed E-state index contributed by atoms with van der Waals surface area (Å²) >= 11 is 0. The van der Waals surface area contributed by atoms with E-state index in [9.17, 15) is 14.7 Å². The molecule has 192 valence electrons. The van der Waals surface area contributed by atoms with Crippen LogP contribution in [0.15, 0.2) is 48.0 Å². The summed E-state index contributed by atoms with van der Waals surface area (Å²) in [5.41, 5.74) is 1.15. The molecule has 0 aromatic heterocycles. The van der Waals surface area contributed by atoms with E-state index in [1.165, 1.54) is 4.90 Å². The summed E-state index contributed by atoms with van der Waals surface area (Å²) in [4.78, 5) is 29.9. The summed E-state index contributed by atoms with van der Waals surface area (Å²) in [5.74, 6) is 0.161. The molecule has 1 amide bonds. The number of rotatable bonds is 10. The molecule has 1 N–H and O–H groups in total. The van der Waals surface area contributed by atoms with Gasteiger partial charge in [0.05, 0.1) is 18.2 Å². The number of carbonyl (C=O) groups excluding carboxylic acids is 2. The lowest BCUT2D eigenvalue weighted by atomic mass is 9.95. The number of likely N-dealkylation sites (tertiary alicyclic amines) is 1. The molecule has 1 saturated heterocycles. The van der Waals surface area contributed by atoms with E-state index in [4.69, 9.17) is 14.2 Å². The first-order chi connectivity index (χ1) is 17.4. The molecule has 1 atom stereocenters. The number of aliphatic hydroxyl groups is 1.